The Morgan fingerprint density at radius 1 is 1.03 bits per heavy atom. The molecule has 2 N–H and O–H groups in total. The van der Waals surface area contributed by atoms with Crippen LogP contribution in [0.3, 0.4) is 0 Å². The van der Waals surface area contributed by atoms with Crippen molar-refractivity contribution in [2.45, 2.75) is 13.3 Å². The van der Waals surface area contributed by atoms with Gasteiger partial charge in [-0.05, 0) is 80.1 Å². The molecule has 7 heteroatoms. The maximum absolute atomic E-state index is 7.51. The van der Waals surface area contributed by atoms with E-state index in [4.69, 9.17) is 10.9 Å². The lowest BCUT2D eigenvalue weighted by Gasteiger charge is -2.17. The Kier molecular flexibility index (Phi) is 7.57. The summed E-state index contributed by atoms with van der Waals surface area (Å²) in [7, 11) is 0. The fourth-order valence-corrected chi connectivity index (χ4v) is 5.46. The van der Waals surface area contributed by atoms with Gasteiger partial charge in [0, 0.05) is 5.39 Å². The summed E-state index contributed by atoms with van der Waals surface area (Å²) in [6.07, 6.45) is 6.73. The third-order valence-electron chi connectivity index (χ3n) is 5.47. The minimum atomic E-state index is -0.0713. The van der Waals surface area contributed by atoms with Gasteiger partial charge in [0.05, 0.1) is 18.1 Å². The van der Waals surface area contributed by atoms with E-state index in [1.165, 1.54) is 22.8 Å². The van der Waals surface area contributed by atoms with Crippen LogP contribution in [-0.4, -0.2) is 15.4 Å². The zero-order valence-electron chi connectivity index (χ0n) is 18.1. The van der Waals surface area contributed by atoms with E-state index in [1.807, 2.05) is 28.8 Å². The van der Waals surface area contributed by atoms with Crippen LogP contribution in [0.1, 0.15) is 35.6 Å². The summed E-state index contributed by atoms with van der Waals surface area (Å²) in [5.74, 6) is -0.0713. The van der Waals surface area contributed by atoms with Gasteiger partial charge >= 0.3 is 0 Å². The Labute approximate surface area is 208 Å². The summed E-state index contributed by atoms with van der Waals surface area (Å²) < 4.78 is 2.03. The zero-order valence-corrected chi connectivity index (χ0v) is 21.2. The molecule has 0 amide bonds. The average Bonchev–Trinajstić information content (AvgIpc) is 3.29. The van der Waals surface area contributed by atoms with Gasteiger partial charge in [-0.3, -0.25) is 5.41 Å². The Balaban J connectivity index is 1.87. The monoisotopic (exact) mass is 563 g/mol. The second kappa shape index (κ2) is 10.8. The molecule has 0 aliphatic carbocycles. The summed E-state index contributed by atoms with van der Waals surface area (Å²) in [5, 5.41) is 16.3. The topological polar surface area (TPSA) is 77.9 Å². The largest absolute Gasteiger partial charge is 0.281 e. The van der Waals surface area contributed by atoms with Gasteiger partial charge in [-0.1, -0.05) is 73.7 Å². The highest BCUT2D eigenvalue weighted by Crippen LogP contribution is 2.36. The number of amidine groups is 1. The van der Waals surface area contributed by atoms with Gasteiger partial charge in [-0.15, -0.1) is 5.11 Å². The van der Waals surface area contributed by atoms with Crippen molar-refractivity contribution >= 4 is 62.4 Å². The minimum Gasteiger partial charge on any atom is -0.281 e. The van der Waals surface area contributed by atoms with Crippen LogP contribution in [0.4, 0.5) is 0 Å². The van der Waals surface area contributed by atoms with Crippen LogP contribution in [0.15, 0.2) is 90.2 Å². The Morgan fingerprint density at radius 2 is 1.76 bits per heavy atom. The maximum atomic E-state index is 7.51. The molecule has 0 aliphatic rings. The van der Waals surface area contributed by atoms with Crippen molar-refractivity contribution in [2.24, 2.45) is 5.11 Å². The molecule has 1 atom stereocenters. The van der Waals surface area contributed by atoms with Gasteiger partial charge in [0.1, 0.15) is 0 Å². The number of aromatic nitrogens is 2. The van der Waals surface area contributed by atoms with Gasteiger partial charge < -0.3 is 0 Å². The van der Waals surface area contributed by atoms with Crippen LogP contribution in [0, 0.1) is 10.9 Å². The molecule has 164 valence electrons. The van der Waals surface area contributed by atoms with Crippen molar-refractivity contribution in [2.75, 3.05) is 0 Å². The van der Waals surface area contributed by atoms with Crippen molar-refractivity contribution in [3.05, 3.63) is 107 Å². The molecule has 1 unspecified atom stereocenters. The summed E-state index contributed by atoms with van der Waals surface area (Å²) in [6, 6.07) is 25.4. The number of nitrogens with one attached hydrogen (secondary N) is 2. The van der Waals surface area contributed by atoms with Gasteiger partial charge in [-0.2, -0.15) is 5.10 Å². The van der Waals surface area contributed by atoms with Gasteiger partial charge in [-0.25, -0.2) is 9.98 Å². The van der Waals surface area contributed by atoms with Crippen molar-refractivity contribution in [3.63, 3.8) is 0 Å². The molecule has 5 nitrogen and oxygen atoms in total. The van der Waals surface area contributed by atoms with Crippen LogP contribution in [0.25, 0.3) is 28.1 Å². The highest BCUT2D eigenvalue weighted by molar-refractivity contribution is 14.2. The molecule has 1 heterocycles. The summed E-state index contributed by atoms with van der Waals surface area (Å²) in [6.45, 7) is 2.20. The van der Waals surface area contributed by atoms with Crippen LogP contribution in [0.5, 0.6) is 0 Å². The van der Waals surface area contributed by atoms with E-state index in [-0.39, 0.29) is 5.84 Å². The Bertz CT molecular complexity index is 1350. The number of allylic oxidation sites excluding steroid dienone is 1. The second-order valence-corrected chi connectivity index (χ2v) is 9.48. The fourth-order valence-electron chi connectivity index (χ4n) is 3.91. The summed E-state index contributed by atoms with van der Waals surface area (Å²) in [4.78, 5) is 0. The highest BCUT2D eigenvalue weighted by Gasteiger charge is 2.14. The van der Waals surface area contributed by atoms with E-state index >= 15 is 0 Å². The first-order chi connectivity index (χ1) is 16.1. The molecule has 0 aliphatic heterocycles. The van der Waals surface area contributed by atoms with E-state index in [9.17, 15) is 0 Å². The third-order valence-corrected chi connectivity index (χ3v) is 7.36. The molecule has 1 aromatic heterocycles. The van der Waals surface area contributed by atoms with Crippen LogP contribution < -0.4 is 0 Å². The minimum absolute atomic E-state index is 0.0713. The van der Waals surface area contributed by atoms with Crippen molar-refractivity contribution in [1.29, 1.82) is 10.9 Å². The number of halogens is 1. The molecule has 0 bridgehead atoms. The number of hydrogen-bond donors (Lipinski definition) is 2. The SMILES string of the molecule is CC/C(=C(/c1ccc(/C=C/C(=N)N=N)cc1)c1ccc2c(cnn2PI)c1)c1ccccc1. The molecule has 4 aromatic rings. The number of nitrogens with zero attached hydrogens (tertiary/aromatic N) is 3. The molecule has 0 saturated carbocycles. The molecule has 0 spiro atoms. The van der Waals surface area contributed by atoms with Crippen LogP contribution in [0.2, 0.25) is 0 Å². The first-order valence-electron chi connectivity index (χ1n) is 10.5. The summed E-state index contributed by atoms with van der Waals surface area (Å²) >= 11 is 2.35. The quantitative estimate of drug-likeness (QED) is 0.0583. The number of hydrogen-bond acceptors (Lipinski definition) is 3. The van der Waals surface area contributed by atoms with Crippen LogP contribution in [-0.2, 0) is 0 Å². The zero-order chi connectivity index (χ0) is 23.2. The smallest absolute Gasteiger partial charge is 0.166 e. The third kappa shape index (κ3) is 5.18. The fraction of sp³-hybridized carbons (Fsp3) is 0.0769. The van der Waals surface area contributed by atoms with Crippen molar-refractivity contribution < 1.29 is 0 Å². The molecular formula is C26H23IN5P. The van der Waals surface area contributed by atoms with E-state index in [1.54, 1.807) is 6.08 Å². The predicted octanol–water partition coefficient (Wildman–Crippen LogP) is 8.22. The van der Waals surface area contributed by atoms with E-state index < -0.39 is 0 Å². The molecule has 33 heavy (non-hydrogen) atoms. The van der Waals surface area contributed by atoms with E-state index in [2.05, 4.69) is 93.8 Å². The molecular weight excluding hydrogens is 540 g/mol. The lowest BCUT2D eigenvalue weighted by Crippen LogP contribution is -1.95. The lowest BCUT2D eigenvalue weighted by atomic mass is 9.87. The van der Waals surface area contributed by atoms with E-state index in [0.29, 0.717) is 6.37 Å². The molecule has 4 rings (SSSR count). The van der Waals surface area contributed by atoms with Crippen LogP contribution >= 0.6 is 28.4 Å². The Hall–Kier alpha value is -2.96. The van der Waals surface area contributed by atoms with E-state index in [0.717, 1.165) is 34.0 Å². The van der Waals surface area contributed by atoms with Gasteiger partial charge in [0.15, 0.2) is 5.84 Å². The standard InChI is InChI=1S/C26H23IN5P/c1-2-23(19-6-4-3-5-7-19)26(20-11-8-18(9-12-20)10-15-25(28)31-29)21-13-14-24-22(16-21)17-30-32(24)33-27/h3-17,28-29,33H,2H2,1H3/b15-10+,26-23+,28-25?,31-29?. The average molecular weight is 563 g/mol. The van der Waals surface area contributed by atoms with Crippen molar-refractivity contribution in [3.8, 4) is 0 Å². The maximum Gasteiger partial charge on any atom is 0.166 e. The number of fused-ring (bicyclic) bond motifs is 1. The highest BCUT2D eigenvalue weighted by atomic mass is 127. The summed E-state index contributed by atoms with van der Waals surface area (Å²) in [5.41, 5.74) is 15.0. The molecule has 0 radical (unpaired) electrons. The number of benzene rings is 3. The molecule has 3 aromatic carbocycles. The first kappa shape index (κ1) is 23.2. The Morgan fingerprint density at radius 3 is 2.42 bits per heavy atom. The second-order valence-electron chi connectivity index (χ2n) is 7.44. The predicted molar refractivity (Wildman–Crippen MR) is 148 cm³/mol. The lowest BCUT2D eigenvalue weighted by molar-refractivity contribution is 1.04. The normalized spacial score (nSPS) is 12.5. The molecule has 0 fully saturated rings. The first-order valence-corrected chi connectivity index (χ1v) is 14.6. The van der Waals surface area contributed by atoms with Crippen molar-refractivity contribution in [1.82, 2.24) is 9.55 Å². The molecule has 0 saturated heterocycles. The van der Waals surface area contributed by atoms with Gasteiger partial charge in [0.25, 0.3) is 0 Å². The number of rotatable bonds is 7. The van der Waals surface area contributed by atoms with Gasteiger partial charge in [0.2, 0.25) is 0 Å².